The maximum Gasteiger partial charge on any atom is 0.0885 e. The van der Waals surface area contributed by atoms with Crippen LogP contribution >= 0.6 is 0 Å². The molecule has 0 radical (unpaired) electrons. The first-order chi connectivity index (χ1) is 11.2. The topological polar surface area (TPSA) is 25.8 Å². The van der Waals surface area contributed by atoms with Crippen molar-refractivity contribution in [3.8, 4) is 22.4 Å². The van der Waals surface area contributed by atoms with Crippen molar-refractivity contribution in [3.05, 3.63) is 71.2 Å². The van der Waals surface area contributed by atoms with E-state index in [9.17, 15) is 0 Å². The Labute approximate surface area is 137 Å². The smallest absolute Gasteiger partial charge is 0.0885 e. The van der Waals surface area contributed by atoms with Gasteiger partial charge in [0.1, 0.15) is 0 Å². The van der Waals surface area contributed by atoms with Crippen LogP contribution in [0.3, 0.4) is 0 Å². The molecule has 4 rings (SSSR count). The van der Waals surface area contributed by atoms with E-state index >= 15 is 0 Å². The van der Waals surface area contributed by atoms with E-state index in [1.165, 1.54) is 47.1 Å². The maximum absolute atomic E-state index is 4.43. The second kappa shape index (κ2) is 5.62. The minimum atomic E-state index is 0.934. The Morgan fingerprint density at radius 2 is 1.78 bits per heavy atom. The molecule has 0 amide bonds. The van der Waals surface area contributed by atoms with Gasteiger partial charge in [-0.1, -0.05) is 18.2 Å². The molecule has 0 atom stereocenters. The summed E-state index contributed by atoms with van der Waals surface area (Å²) in [4.78, 5) is 8.61. The molecule has 0 spiro atoms. The summed E-state index contributed by atoms with van der Waals surface area (Å²) in [6, 6.07) is 11.2. The number of fused-ring (bicyclic) bond motifs is 1. The number of hydrogen-bond donors (Lipinski definition) is 0. The van der Waals surface area contributed by atoms with Crippen LogP contribution in [0.5, 0.6) is 0 Å². The molecular formula is C21H20N2. The Kier molecular flexibility index (Phi) is 3.45. The van der Waals surface area contributed by atoms with Crippen LogP contribution in [0.4, 0.5) is 0 Å². The van der Waals surface area contributed by atoms with Gasteiger partial charge in [0.15, 0.2) is 0 Å². The van der Waals surface area contributed by atoms with Gasteiger partial charge in [-0.05, 0) is 78.6 Å². The van der Waals surface area contributed by atoms with Crippen LogP contribution in [0, 0.1) is 13.8 Å². The molecule has 1 aliphatic rings. The lowest BCUT2D eigenvalue weighted by atomic mass is 9.89. The summed E-state index contributed by atoms with van der Waals surface area (Å²) in [5, 5.41) is 0. The van der Waals surface area contributed by atoms with Crippen LogP contribution in [0.2, 0.25) is 0 Å². The summed E-state index contributed by atoms with van der Waals surface area (Å²) in [6.45, 7) is 4.41. The summed E-state index contributed by atoms with van der Waals surface area (Å²) in [5.41, 5.74) is 10.6. The SMILES string of the molecule is Cc1cc(-c2cnccn2)cc(C)c1-c1cccc2c1CCC2. The Balaban J connectivity index is 1.87. The van der Waals surface area contributed by atoms with Crippen LogP contribution in [-0.4, -0.2) is 9.97 Å². The minimum Gasteiger partial charge on any atom is -0.261 e. The quantitative estimate of drug-likeness (QED) is 0.671. The van der Waals surface area contributed by atoms with E-state index in [4.69, 9.17) is 0 Å². The number of aromatic nitrogens is 2. The second-order valence-electron chi connectivity index (χ2n) is 6.37. The van der Waals surface area contributed by atoms with Gasteiger partial charge in [0.05, 0.1) is 11.9 Å². The average Bonchev–Trinajstić information content (AvgIpc) is 3.04. The highest BCUT2D eigenvalue weighted by Gasteiger charge is 2.18. The fourth-order valence-electron chi connectivity index (χ4n) is 3.84. The van der Waals surface area contributed by atoms with Crippen LogP contribution in [-0.2, 0) is 12.8 Å². The predicted octanol–water partition coefficient (Wildman–Crippen LogP) is 4.92. The molecule has 114 valence electrons. The van der Waals surface area contributed by atoms with E-state index in [0.29, 0.717) is 0 Å². The summed E-state index contributed by atoms with van der Waals surface area (Å²) in [6.07, 6.45) is 8.99. The lowest BCUT2D eigenvalue weighted by Gasteiger charge is -2.16. The Hall–Kier alpha value is -2.48. The van der Waals surface area contributed by atoms with Crippen molar-refractivity contribution >= 4 is 0 Å². The van der Waals surface area contributed by atoms with Crippen molar-refractivity contribution < 1.29 is 0 Å². The van der Waals surface area contributed by atoms with Gasteiger partial charge in [0.2, 0.25) is 0 Å². The van der Waals surface area contributed by atoms with E-state index in [0.717, 1.165) is 11.3 Å². The summed E-state index contributed by atoms with van der Waals surface area (Å²) in [7, 11) is 0. The van der Waals surface area contributed by atoms with E-state index < -0.39 is 0 Å². The minimum absolute atomic E-state index is 0.934. The van der Waals surface area contributed by atoms with E-state index in [1.54, 1.807) is 18.0 Å². The number of hydrogen-bond acceptors (Lipinski definition) is 2. The molecule has 23 heavy (non-hydrogen) atoms. The average molecular weight is 300 g/mol. The second-order valence-corrected chi connectivity index (χ2v) is 6.37. The van der Waals surface area contributed by atoms with Crippen molar-refractivity contribution in [2.75, 3.05) is 0 Å². The highest BCUT2D eigenvalue weighted by atomic mass is 14.8. The van der Waals surface area contributed by atoms with E-state index in [1.807, 2.05) is 6.20 Å². The third-order valence-corrected chi connectivity index (χ3v) is 4.81. The first kappa shape index (κ1) is 14.1. The lowest BCUT2D eigenvalue weighted by Crippen LogP contribution is -1.95. The van der Waals surface area contributed by atoms with Crippen molar-refractivity contribution in [1.29, 1.82) is 0 Å². The fourth-order valence-corrected chi connectivity index (χ4v) is 3.84. The molecule has 0 saturated heterocycles. The van der Waals surface area contributed by atoms with Gasteiger partial charge >= 0.3 is 0 Å². The normalized spacial score (nSPS) is 13.1. The molecule has 2 heteroatoms. The Morgan fingerprint density at radius 1 is 0.957 bits per heavy atom. The molecule has 1 aromatic heterocycles. The summed E-state index contributed by atoms with van der Waals surface area (Å²) >= 11 is 0. The van der Waals surface area contributed by atoms with Gasteiger partial charge in [0, 0.05) is 18.0 Å². The van der Waals surface area contributed by atoms with Crippen LogP contribution in [0.1, 0.15) is 28.7 Å². The molecule has 0 unspecified atom stereocenters. The largest absolute Gasteiger partial charge is 0.261 e. The predicted molar refractivity (Wildman–Crippen MR) is 94.4 cm³/mol. The molecule has 1 heterocycles. The zero-order chi connectivity index (χ0) is 15.8. The Morgan fingerprint density at radius 3 is 2.52 bits per heavy atom. The lowest BCUT2D eigenvalue weighted by molar-refractivity contribution is 0.912. The first-order valence-electron chi connectivity index (χ1n) is 8.23. The van der Waals surface area contributed by atoms with E-state index in [-0.39, 0.29) is 0 Å². The summed E-state index contributed by atoms with van der Waals surface area (Å²) < 4.78 is 0. The zero-order valence-electron chi connectivity index (χ0n) is 13.6. The van der Waals surface area contributed by atoms with Crippen molar-refractivity contribution in [3.63, 3.8) is 0 Å². The van der Waals surface area contributed by atoms with Crippen LogP contribution in [0.25, 0.3) is 22.4 Å². The number of aryl methyl sites for hydroxylation is 3. The van der Waals surface area contributed by atoms with Crippen LogP contribution in [0.15, 0.2) is 48.9 Å². The van der Waals surface area contributed by atoms with Crippen molar-refractivity contribution in [2.24, 2.45) is 0 Å². The third-order valence-electron chi connectivity index (χ3n) is 4.81. The highest BCUT2D eigenvalue weighted by molar-refractivity contribution is 5.78. The molecule has 2 nitrogen and oxygen atoms in total. The number of rotatable bonds is 2. The molecule has 0 fully saturated rings. The molecule has 0 aliphatic heterocycles. The molecule has 0 saturated carbocycles. The van der Waals surface area contributed by atoms with Gasteiger partial charge < -0.3 is 0 Å². The molecule has 3 aromatic rings. The Bertz CT molecular complexity index is 843. The van der Waals surface area contributed by atoms with Gasteiger partial charge in [-0.25, -0.2) is 0 Å². The number of benzene rings is 2. The molecule has 2 aromatic carbocycles. The highest BCUT2D eigenvalue weighted by Crippen LogP contribution is 2.37. The van der Waals surface area contributed by atoms with Gasteiger partial charge in [-0.3, -0.25) is 9.97 Å². The standard InChI is InChI=1S/C21H20N2/c1-14-11-17(20-13-22-9-10-23-20)12-15(2)21(14)19-8-4-6-16-5-3-7-18(16)19/h4,6,8-13H,3,5,7H2,1-2H3. The van der Waals surface area contributed by atoms with Crippen molar-refractivity contribution in [2.45, 2.75) is 33.1 Å². The fraction of sp³-hybridized carbons (Fsp3) is 0.238. The molecule has 1 aliphatic carbocycles. The van der Waals surface area contributed by atoms with Gasteiger partial charge in [-0.15, -0.1) is 0 Å². The van der Waals surface area contributed by atoms with Gasteiger partial charge in [-0.2, -0.15) is 0 Å². The third kappa shape index (κ3) is 2.44. The number of nitrogens with zero attached hydrogens (tertiary/aromatic N) is 2. The molecular weight excluding hydrogens is 280 g/mol. The van der Waals surface area contributed by atoms with E-state index in [2.05, 4.69) is 54.1 Å². The van der Waals surface area contributed by atoms with Crippen LogP contribution < -0.4 is 0 Å². The molecule has 0 N–H and O–H groups in total. The maximum atomic E-state index is 4.43. The zero-order valence-corrected chi connectivity index (χ0v) is 13.6. The first-order valence-corrected chi connectivity index (χ1v) is 8.23. The molecule has 0 bridgehead atoms. The van der Waals surface area contributed by atoms with Crippen molar-refractivity contribution in [1.82, 2.24) is 9.97 Å². The van der Waals surface area contributed by atoms with Gasteiger partial charge in [0.25, 0.3) is 0 Å². The summed E-state index contributed by atoms with van der Waals surface area (Å²) in [5.74, 6) is 0. The monoisotopic (exact) mass is 300 g/mol.